The van der Waals surface area contributed by atoms with Crippen LogP contribution in [0, 0.1) is 0 Å². The predicted octanol–water partition coefficient (Wildman–Crippen LogP) is 4.92. The molecule has 0 fully saturated rings. The molecule has 25 heavy (non-hydrogen) atoms. The number of para-hydroxylation sites is 3. The highest BCUT2D eigenvalue weighted by Gasteiger charge is 2.06. The Morgan fingerprint density at radius 1 is 0.880 bits per heavy atom. The van der Waals surface area contributed by atoms with Gasteiger partial charge in [-0.15, -0.1) is 0 Å². The SMILES string of the molecule is CCOc1ccccc1Nc1ccnc(Nc2ccccc2CC)n1. The van der Waals surface area contributed by atoms with E-state index in [4.69, 9.17) is 4.74 Å². The van der Waals surface area contributed by atoms with Crippen LogP contribution in [0.3, 0.4) is 0 Å². The fourth-order valence-corrected chi connectivity index (χ4v) is 2.55. The number of aryl methyl sites for hydroxylation is 1. The van der Waals surface area contributed by atoms with Gasteiger partial charge in [0.2, 0.25) is 5.95 Å². The first-order chi connectivity index (χ1) is 12.3. The summed E-state index contributed by atoms with van der Waals surface area (Å²) in [6, 6.07) is 17.8. The Balaban J connectivity index is 1.80. The van der Waals surface area contributed by atoms with Gasteiger partial charge in [-0.05, 0) is 43.2 Å². The van der Waals surface area contributed by atoms with Crippen molar-refractivity contribution in [3.8, 4) is 5.75 Å². The highest BCUT2D eigenvalue weighted by molar-refractivity contribution is 5.65. The van der Waals surface area contributed by atoms with Crippen LogP contribution in [-0.2, 0) is 6.42 Å². The van der Waals surface area contributed by atoms with E-state index in [1.54, 1.807) is 6.20 Å². The number of rotatable bonds is 7. The Morgan fingerprint density at radius 2 is 1.64 bits per heavy atom. The fourth-order valence-electron chi connectivity index (χ4n) is 2.55. The molecule has 2 aromatic carbocycles. The molecule has 0 aliphatic carbocycles. The van der Waals surface area contributed by atoms with Gasteiger partial charge in [-0.3, -0.25) is 0 Å². The lowest BCUT2D eigenvalue weighted by Gasteiger charge is -2.13. The van der Waals surface area contributed by atoms with Crippen LogP contribution >= 0.6 is 0 Å². The Hall–Kier alpha value is -3.08. The first kappa shape index (κ1) is 16.8. The van der Waals surface area contributed by atoms with Gasteiger partial charge < -0.3 is 15.4 Å². The molecular formula is C20H22N4O. The molecule has 128 valence electrons. The first-order valence-corrected chi connectivity index (χ1v) is 8.47. The molecule has 0 amide bonds. The topological polar surface area (TPSA) is 59.1 Å². The lowest BCUT2D eigenvalue weighted by atomic mass is 10.1. The minimum atomic E-state index is 0.555. The molecular weight excluding hydrogens is 312 g/mol. The standard InChI is InChI=1S/C20H22N4O/c1-3-15-9-5-6-10-16(15)23-20-21-14-13-19(24-20)22-17-11-7-8-12-18(17)25-4-2/h5-14H,3-4H2,1-2H3,(H2,21,22,23,24). The molecule has 0 atom stereocenters. The third-order valence-electron chi connectivity index (χ3n) is 3.75. The molecule has 1 heterocycles. The number of anilines is 4. The fraction of sp³-hybridized carbons (Fsp3) is 0.200. The predicted molar refractivity (Wildman–Crippen MR) is 102 cm³/mol. The van der Waals surface area contributed by atoms with Gasteiger partial charge in [-0.25, -0.2) is 4.98 Å². The number of nitrogens with zero attached hydrogens (tertiary/aromatic N) is 2. The molecule has 1 aromatic heterocycles. The molecule has 0 aliphatic rings. The van der Waals surface area contributed by atoms with E-state index in [1.807, 2.05) is 55.5 Å². The van der Waals surface area contributed by atoms with Crippen molar-refractivity contribution in [2.24, 2.45) is 0 Å². The second kappa shape index (κ2) is 8.15. The van der Waals surface area contributed by atoms with Gasteiger partial charge in [0.25, 0.3) is 0 Å². The van der Waals surface area contributed by atoms with E-state index in [0.717, 1.165) is 23.5 Å². The van der Waals surface area contributed by atoms with Gasteiger partial charge in [0.05, 0.1) is 12.3 Å². The van der Waals surface area contributed by atoms with E-state index < -0.39 is 0 Å². The molecule has 0 radical (unpaired) electrons. The summed E-state index contributed by atoms with van der Waals surface area (Å²) in [6.45, 7) is 4.71. The highest BCUT2D eigenvalue weighted by atomic mass is 16.5. The van der Waals surface area contributed by atoms with Gasteiger partial charge >= 0.3 is 0 Å². The van der Waals surface area contributed by atoms with Crippen LogP contribution < -0.4 is 15.4 Å². The Bertz CT molecular complexity index is 835. The number of hydrogen-bond donors (Lipinski definition) is 2. The molecule has 0 unspecified atom stereocenters. The van der Waals surface area contributed by atoms with E-state index >= 15 is 0 Å². The largest absolute Gasteiger partial charge is 0.492 e. The van der Waals surface area contributed by atoms with Crippen LogP contribution in [-0.4, -0.2) is 16.6 Å². The maximum Gasteiger partial charge on any atom is 0.229 e. The van der Waals surface area contributed by atoms with E-state index in [2.05, 4.69) is 33.6 Å². The van der Waals surface area contributed by atoms with Crippen molar-refractivity contribution in [1.29, 1.82) is 0 Å². The zero-order valence-electron chi connectivity index (χ0n) is 14.5. The average Bonchev–Trinajstić information content (AvgIpc) is 2.64. The number of ether oxygens (including phenoxy) is 1. The smallest absolute Gasteiger partial charge is 0.229 e. The third-order valence-corrected chi connectivity index (χ3v) is 3.75. The van der Waals surface area contributed by atoms with E-state index in [1.165, 1.54) is 5.56 Å². The van der Waals surface area contributed by atoms with Crippen LogP contribution in [0.1, 0.15) is 19.4 Å². The normalized spacial score (nSPS) is 10.3. The van der Waals surface area contributed by atoms with E-state index in [0.29, 0.717) is 18.4 Å². The molecule has 0 aliphatic heterocycles. The summed E-state index contributed by atoms with van der Waals surface area (Å²) in [5.41, 5.74) is 3.13. The Labute approximate surface area is 148 Å². The summed E-state index contributed by atoms with van der Waals surface area (Å²) in [4.78, 5) is 8.87. The van der Waals surface area contributed by atoms with E-state index in [9.17, 15) is 0 Å². The third kappa shape index (κ3) is 4.26. The molecule has 2 N–H and O–H groups in total. The number of nitrogens with one attached hydrogen (secondary N) is 2. The zero-order chi connectivity index (χ0) is 17.5. The van der Waals surface area contributed by atoms with Gasteiger partial charge in [-0.1, -0.05) is 37.3 Å². The molecule has 3 aromatic rings. The minimum Gasteiger partial charge on any atom is -0.492 e. The average molecular weight is 334 g/mol. The maximum absolute atomic E-state index is 5.64. The molecule has 5 heteroatoms. The molecule has 0 spiro atoms. The van der Waals surface area contributed by atoms with Crippen LogP contribution in [0.25, 0.3) is 0 Å². The summed E-state index contributed by atoms with van der Waals surface area (Å²) in [6.07, 6.45) is 2.68. The summed E-state index contributed by atoms with van der Waals surface area (Å²) in [5.74, 6) is 2.06. The summed E-state index contributed by atoms with van der Waals surface area (Å²) in [7, 11) is 0. The van der Waals surface area contributed by atoms with Crippen LogP contribution in [0.4, 0.5) is 23.1 Å². The zero-order valence-corrected chi connectivity index (χ0v) is 14.5. The van der Waals surface area contributed by atoms with Crippen molar-refractivity contribution in [2.75, 3.05) is 17.2 Å². The Kier molecular flexibility index (Phi) is 5.46. The summed E-state index contributed by atoms with van der Waals surface area (Å²) in [5, 5.41) is 6.59. The van der Waals surface area contributed by atoms with Crippen molar-refractivity contribution < 1.29 is 4.74 Å². The molecule has 3 rings (SSSR count). The highest BCUT2D eigenvalue weighted by Crippen LogP contribution is 2.27. The maximum atomic E-state index is 5.64. The molecule has 0 saturated carbocycles. The van der Waals surface area contributed by atoms with Crippen molar-refractivity contribution in [2.45, 2.75) is 20.3 Å². The van der Waals surface area contributed by atoms with E-state index in [-0.39, 0.29) is 0 Å². The number of aromatic nitrogens is 2. The first-order valence-electron chi connectivity index (χ1n) is 8.47. The van der Waals surface area contributed by atoms with Crippen molar-refractivity contribution in [3.05, 3.63) is 66.4 Å². The van der Waals surface area contributed by atoms with Crippen LogP contribution in [0.15, 0.2) is 60.8 Å². The minimum absolute atomic E-state index is 0.555. The van der Waals surface area contributed by atoms with Crippen molar-refractivity contribution in [3.63, 3.8) is 0 Å². The molecule has 0 saturated heterocycles. The molecule has 5 nitrogen and oxygen atoms in total. The lowest BCUT2D eigenvalue weighted by molar-refractivity contribution is 0.342. The van der Waals surface area contributed by atoms with Gasteiger partial charge in [0, 0.05) is 11.9 Å². The summed E-state index contributed by atoms with van der Waals surface area (Å²) >= 11 is 0. The summed E-state index contributed by atoms with van der Waals surface area (Å²) < 4.78 is 5.64. The van der Waals surface area contributed by atoms with Gasteiger partial charge in [0.15, 0.2) is 0 Å². The number of hydrogen-bond acceptors (Lipinski definition) is 5. The molecule has 0 bridgehead atoms. The second-order valence-electron chi connectivity index (χ2n) is 5.46. The Morgan fingerprint density at radius 3 is 2.44 bits per heavy atom. The lowest BCUT2D eigenvalue weighted by Crippen LogP contribution is -2.03. The van der Waals surface area contributed by atoms with Gasteiger partial charge in [0.1, 0.15) is 11.6 Å². The quantitative estimate of drug-likeness (QED) is 0.642. The number of benzene rings is 2. The second-order valence-corrected chi connectivity index (χ2v) is 5.46. The van der Waals surface area contributed by atoms with Crippen LogP contribution in [0.2, 0.25) is 0 Å². The van der Waals surface area contributed by atoms with Crippen molar-refractivity contribution in [1.82, 2.24) is 9.97 Å². The van der Waals surface area contributed by atoms with Crippen molar-refractivity contribution >= 4 is 23.1 Å². The van der Waals surface area contributed by atoms with Gasteiger partial charge in [-0.2, -0.15) is 4.98 Å². The van der Waals surface area contributed by atoms with Crippen LogP contribution in [0.5, 0.6) is 5.75 Å². The monoisotopic (exact) mass is 334 g/mol.